The molecule has 0 N–H and O–H groups in total. The Hall–Kier alpha value is -2.11. The van der Waals surface area contributed by atoms with Crippen molar-refractivity contribution in [2.75, 3.05) is 152 Å². The van der Waals surface area contributed by atoms with Crippen molar-refractivity contribution in [3.63, 3.8) is 0 Å². The summed E-state index contributed by atoms with van der Waals surface area (Å²) >= 11 is 0. The summed E-state index contributed by atoms with van der Waals surface area (Å²) in [6.45, 7) is 18.6. The average Bonchev–Trinajstić information content (AvgIpc) is 3.17. The molecule has 1 aromatic rings. The molecular formula is C42H77NO13. The number of carbonyl (C=O) groups excluding carboxylic acids is 1. The van der Waals surface area contributed by atoms with Crippen molar-refractivity contribution in [3.8, 4) is 5.75 Å². The van der Waals surface area contributed by atoms with Crippen molar-refractivity contribution < 1.29 is 61.6 Å². The van der Waals surface area contributed by atoms with Crippen LogP contribution in [0.5, 0.6) is 5.75 Å². The van der Waals surface area contributed by atoms with Gasteiger partial charge in [-0.25, -0.2) is 4.79 Å². The van der Waals surface area contributed by atoms with Gasteiger partial charge in [-0.1, -0.05) is 51.2 Å². The summed E-state index contributed by atoms with van der Waals surface area (Å²) < 4.78 is 66.2. The second kappa shape index (κ2) is 38.4. The van der Waals surface area contributed by atoms with Gasteiger partial charge in [-0.3, -0.25) is 0 Å². The van der Waals surface area contributed by atoms with Crippen LogP contribution >= 0.6 is 0 Å². The molecule has 328 valence electrons. The highest BCUT2D eigenvalue weighted by Crippen LogP contribution is 2.15. The van der Waals surface area contributed by atoms with E-state index in [0.29, 0.717) is 145 Å². The maximum atomic E-state index is 11.9. The van der Waals surface area contributed by atoms with Crippen molar-refractivity contribution in [2.45, 2.75) is 78.2 Å². The SMILES string of the molecule is CCCCCCCCc1ccc(OCCOCCOCCOCCOCCOCCOCCOCCOCCOCCOCCN(C)C(=O)OC(C)(C)C)cc1. The Morgan fingerprint density at radius 2 is 0.821 bits per heavy atom. The minimum Gasteiger partial charge on any atom is -0.491 e. The van der Waals surface area contributed by atoms with Gasteiger partial charge in [-0.2, -0.15) is 0 Å². The summed E-state index contributed by atoms with van der Waals surface area (Å²) in [6.07, 6.45) is 8.70. The number of benzene rings is 1. The van der Waals surface area contributed by atoms with Crippen molar-refractivity contribution >= 4 is 6.09 Å². The molecule has 56 heavy (non-hydrogen) atoms. The topological polar surface area (TPSA) is 131 Å². The number of aryl methyl sites for hydroxylation is 1. The minimum atomic E-state index is -0.511. The first-order chi connectivity index (χ1) is 27.3. The van der Waals surface area contributed by atoms with Crippen LogP contribution in [0.1, 0.15) is 71.8 Å². The zero-order valence-corrected chi connectivity index (χ0v) is 35.6. The Balaban J connectivity index is 1.70. The van der Waals surface area contributed by atoms with Crippen LogP contribution in [0.2, 0.25) is 0 Å². The Bertz CT molecular complexity index is 980. The number of unbranched alkanes of at least 4 members (excludes halogenated alkanes) is 5. The lowest BCUT2D eigenvalue weighted by atomic mass is 10.0. The molecule has 0 atom stereocenters. The van der Waals surface area contributed by atoms with E-state index >= 15 is 0 Å². The number of rotatable bonds is 41. The van der Waals surface area contributed by atoms with E-state index in [-0.39, 0.29) is 6.09 Å². The number of amides is 1. The molecule has 0 saturated heterocycles. The molecule has 1 rings (SSSR count). The Kier molecular flexibility index (Phi) is 35.6. The summed E-state index contributed by atoms with van der Waals surface area (Å²) in [7, 11) is 1.68. The first-order valence-electron chi connectivity index (χ1n) is 20.7. The van der Waals surface area contributed by atoms with Gasteiger partial charge in [0.2, 0.25) is 0 Å². The largest absolute Gasteiger partial charge is 0.491 e. The smallest absolute Gasteiger partial charge is 0.410 e. The summed E-state index contributed by atoms with van der Waals surface area (Å²) in [5.41, 5.74) is 0.863. The molecule has 14 heteroatoms. The van der Waals surface area contributed by atoms with E-state index in [0.717, 1.165) is 12.2 Å². The van der Waals surface area contributed by atoms with Crippen LogP contribution in [-0.2, 0) is 58.5 Å². The van der Waals surface area contributed by atoms with E-state index < -0.39 is 5.60 Å². The van der Waals surface area contributed by atoms with Crippen molar-refractivity contribution in [3.05, 3.63) is 29.8 Å². The van der Waals surface area contributed by atoms with E-state index in [4.69, 9.17) is 56.8 Å². The summed E-state index contributed by atoms with van der Waals surface area (Å²) in [4.78, 5) is 13.4. The molecule has 0 saturated carbocycles. The number of hydrogen-bond acceptors (Lipinski definition) is 13. The van der Waals surface area contributed by atoms with Gasteiger partial charge < -0.3 is 61.7 Å². The molecule has 14 nitrogen and oxygen atoms in total. The molecule has 0 bridgehead atoms. The van der Waals surface area contributed by atoms with E-state index in [1.54, 1.807) is 7.05 Å². The van der Waals surface area contributed by atoms with E-state index in [9.17, 15) is 4.79 Å². The number of hydrogen-bond donors (Lipinski definition) is 0. The van der Waals surface area contributed by atoms with Crippen molar-refractivity contribution in [1.82, 2.24) is 4.90 Å². The fraction of sp³-hybridized carbons (Fsp3) is 0.833. The summed E-state index contributed by atoms with van der Waals surface area (Å²) in [5.74, 6) is 0.882. The van der Waals surface area contributed by atoms with Crippen LogP contribution < -0.4 is 4.74 Å². The fourth-order valence-electron chi connectivity index (χ4n) is 4.79. The standard InChI is InChI=1S/C42H77NO13/c1-6-7-8-9-10-11-12-39-13-15-40(16-14-39)55-38-37-54-36-35-53-34-33-52-32-31-51-30-29-50-28-27-49-26-25-48-24-23-47-22-21-46-20-19-45-18-17-43(5)41(44)56-42(2,3)4/h13-16H,6-12,17-38H2,1-5H3. The van der Waals surface area contributed by atoms with Crippen molar-refractivity contribution in [1.29, 1.82) is 0 Å². The second-order valence-corrected chi connectivity index (χ2v) is 14.0. The molecule has 0 fully saturated rings. The highest BCUT2D eigenvalue weighted by atomic mass is 16.6. The first-order valence-corrected chi connectivity index (χ1v) is 20.7. The Labute approximate surface area is 338 Å². The average molecular weight is 804 g/mol. The number of likely N-dealkylation sites (N-methyl/N-ethyl adjacent to an activating group) is 1. The molecule has 0 aromatic heterocycles. The van der Waals surface area contributed by atoms with Gasteiger partial charge in [0.05, 0.1) is 132 Å². The molecule has 0 aliphatic heterocycles. The maximum Gasteiger partial charge on any atom is 0.410 e. The van der Waals surface area contributed by atoms with Gasteiger partial charge in [0, 0.05) is 13.6 Å². The zero-order valence-electron chi connectivity index (χ0n) is 35.6. The van der Waals surface area contributed by atoms with Crippen LogP contribution in [0.15, 0.2) is 24.3 Å². The predicted octanol–water partition coefficient (Wildman–Crippen LogP) is 6.00. The number of nitrogens with zero attached hydrogens (tertiary/aromatic N) is 1. The third-order valence-electron chi connectivity index (χ3n) is 7.86. The lowest BCUT2D eigenvalue weighted by molar-refractivity contribution is -0.0269. The van der Waals surface area contributed by atoms with Gasteiger partial charge in [-0.05, 0) is 51.3 Å². The molecule has 0 heterocycles. The highest BCUT2D eigenvalue weighted by molar-refractivity contribution is 5.67. The Morgan fingerprint density at radius 1 is 0.482 bits per heavy atom. The quantitative estimate of drug-likeness (QED) is 0.0719. The Morgan fingerprint density at radius 3 is 1.20 bits per heavy atom. The lowest BCUT2D eigenvalue weighted by Gasteiger charge is -2.24. The molecule has 0 unspecified atom stereocenters. The normalized spacial score (nSPS) is 11.7. The molecular weight excluding hydrogens is 726 g/mol. The van der Waals surface area contributed by atoms with E-state index in [1.165, 1.54) is 49.0 Å². The predicted molar refractivity (Wildman–Crippen MR) is 216 cm³/mol. The van der Waals surface area contributed by atoms with Crippen LogP contribution in [0.4, 0.5) is 4.79 Å². The molecule has 0 aliphatic carbocycles. The van der Waals surface area contributed by atoms with Gasteiger partial charge in [0.1, 0.15) is 18.0 Å². The first kappa shape index (κ1) is 51.9. The zero-order chi connectivity index (χ0) is 40.6. The van der Waals surface area contributed by atoms with Crippen molar-refractivity contribution in [2.24, 2.45) is 0 Å². The van der Waals surface area contributed by atoms with Crippen LogP contribution in [0.3, 0.4) is 0 Å². The van der Waals surface area contributed by atoms with Crippen LogP contribution in [0, 0.1) is 0 Å². The molecule has 0 radical (unpaired) electrons. The highest BCUT2D eigenvalue weighted by Gasteiger charge is 2.19. The lowest BCUT2D eigenvalue weighted by Crippen LogP contribution is -2.36. The number of carbonyl (C=O) groups is 1. The summed E-state index contributed by atoms with van der Waals surface area (Å²) in [6, 6.07) is 8.43. The molecule has 0 aliphatic rings. The van der Waals surface area contributed by atoms with Gasteiger partial charge in [0.25, 0.3) is 0 Å². The molecule has 0 spiro atoms. The summed E-state index contributed by atoms with van der Waals surface area (Å²) in [5, 5.41) is 0. The third-order valence-corrected chi connectivity index (χ3v) is 7.86. The minimum absolute atomic E-state index is 0.364. The van der Waals surface area contributed by atoms with Gasteiger partial charge in [0.15, 0.2) is 0 Å². The molecule has 1 aromatic carbocycles. The van der Waals surface area contributed by atoms with E-state index in [2.05, 4.69) is 19.1 Å². The third kappa shape index (κ3) is 36.2. The van der Waals surface area contributed by atoms with Gasteiger partial charge >= 0.3 is 6.09 Å². The van der Waals surface area contributed by atoms with Gasteiger partial charge in [-0.15, -0.1) is 0 Å². The maximum absolute atomic E-state index is 11.9. The van der Waals surface area contributed by atoms with E-state index in [1.807, 2.05) is 32.9 Å². The number of ether oxygens (including phenoxy) is 12. The second-order valence-electron chi connectivity index (χ2n) is 14.0. The van der Waals surface area contributed by atoms with Crippen LogP contribution in [-0.4, -0.2) is 169 Å². The monoisotopic (exact) mass is 804 g/mol. The fourth-order valence-corrected chi connectivity index (χ4v) is 4.79. The van der Waals surface area contributed by atoms with Crippen LogP contribution in [0.25, 0.3) is 0 Å². The molecule has 1 amide bonds.